The number of rotatable bonds is 4. The van der Waals surface area contributed by atoms with Crippen LogP contribution in [0, 0.1) is 46.5 Å². The average Bonchev–Trinajstić information content (AvgIpc) is 3.44. The SMILES string of the molecule is Fc1cc(F)c(F)[c]([Ti]([c]2c(F)c(F)cc(F)c2F)([CH]2C=CC=C2)[CH]2C=CC=C2)c1F. The van der Waals surface area contributed by atoms with Gasteiger partial charge in [-0.2, -0.15) is 0 Å². The molecule has 0 bridgehead atoms. The maximum atomic E-state index is 15.1. The molecule has 0 saturated heterocycles. The third kappa shape index (κ3) is 3.15. The predicted octanol–water partition coefficient (Wildman–Crippen LogP) is 5.73. The quantitative estimate of drug-likeness (QED) is 0.301. The van der Waals surface area contributed by atoms with Gasteiger partial charge in [-0.25, -0.2) is 0 Å². The molecule has 0 radical (unpaired) electrons. The fraction of sp³-hybridized carbons (Fsp3) is 0.0909. The Morgan fingerprint density at radius 1 is 0.452 bits per heavy atom. The van der Waals surface area contributed by atoms with Crippen LogP contribution in [0.25, 0.3) is 0 Å². The van der Waals surface area contributed by atoms with Crippen molar-refractivity contribution >= 4 is 7.74 Å². The molecule has 0 heterocycles. The van der Waals surface area contributed by atoms with Crippen molar-refractivity contribution in [3.63, 3.8) is 0 Å². The zero-order valence-corrected chi connectivity index (χ0v) is 17.0. The van der Waals surface area contributed by atoms with Crippen LogP contribution in [0.5, 0.6) is 0 Å². The molecule has 4 rings (SSSR count). The normalized spacial score (nSPS) is 16.3. The molecule has 0 nitrogen and oxygen atoms in total. The van der Waals surface area contributed by atoms with E-state index in [0.717, 1.165) is 0 Å². The van der Waals surface area contributed by atoms with Crippen molar-refractivity contribution in [3.8, 4) is 0 Å². The number of hydrogen-bond acceptors (Lipinski definition) is 0. The zero-order valence-electron chi connectivity index (χ0n) is 15.5. The molecule has 0 saturated carbocycles. The Morgan fingerprint density at radius 2 is 0.710 bits per heavy atom. The van der Waals surface area contributed by atoms with Gasteiger partial charge in [0.1, 0.15) is 0 Å². The molecule has 0 amide bonds. The van der Waals surface area contributed by atoms with Gasteiger partial charge in [-0.15, -0.1) is 0 Å². The first kappa shape index (κ1) is 21.8. The number of allylic oxidation sites excluding steroid dienone is 8. The van der Waals surface area contributed by atoms with E-state index in [9.17, 15) is 17.6 Å². The second-order valence-electron chi connectivity index (χ2n) is 7.15. The third-order valence-corrected chi connectivity index (χ3v) is 14.0. The summed E-state index contributed by atoms with van der Waals surface area (Å²) >= 11 is -5.55. The van der Waals surface area contributed by atoms with E-state index in [2.05, 4.69) is 0 Å². The molecule has 160 valence electrons. The van der Waals surface area contributed by atoms with Gasteiger partial charge in [0.2, 0.25) is 0 Å². The van der Waals surface area contributed by atoms with Gasteiger partial charge in [-0.1, -0.05) is 0 Å². The minimum atomic E-state index is -5.55. The monoisotopic (exact) mass is 476 g/mol. The van der Waals surface area contributed by atoms with Gasteiger partial charge in [0.15, 0.2) is 0 Å². The molecular weight excluding hydrogens is 464 g/mol. The summed E-state index contributed by atoms with van der Waals surface area (Å²) in [7, 11) is 0. The summed E-state index contributed by atoms with van der Waals surface area (Å²) in [5.41, 5.74) is 0. The number of halogens is 8. The molecule has 0 atom stereocenters. The summed E-state index contributed by atoms with van der Waals surface area (Å²) in [5, 5.41) is 0. The molecule has 0 unspecified atom stereocenters. The molecule has 0 spiro atoms. The minimum absolute atomic E-state index is 0.0271. The Bertz CT molecular complexity index is 1020. The van der Waals surface area contributed by atoms with Crippen LogP contribution >= 0.6 is 0 Å². The molecule has 9 heteroatoms. The summed E-state index contributed by atoms with van der Waals surface area (Å²) in [5.74, 6) is -14.5. The van der Waals surface area contributed by atoms with Gasteiger partial charge < -0.3 is 0 Å². The Balaban J connectivity index is 2.27. The molecule has 2 aromatic carbocycles. The van der Waals surface area contributed by atoms with Crippen molar-refractivity contribution in [1.29, 1.82) is 0 Å². The second-order valence-corrected chi connectivity index (χ2v) is 13.5. The van der Waals surface area contributed by atoms with Crippen molar-refractivity contribution in [2.24, 2.45) is 0 Å². The topological polar surface area (TPSA) is 0 Å². The van der Waals surface area contributed by atoms with Crippen molar-refractivity contribution in [1.82, 2.24) is 0 Å². The standard InChI is InChI=1S/2C6HF4.2C5H5.Ti/c2*7-3-1-4(8)6(10)2-5(3)9;2*1-2-4-5-3-1;/h2*1H;2*1-5H;. The zero-order chi connectivity index (χ0) is 22.5. The van der Waals surface area contributed by atoms with E-state index in [4.69, 9.17) is 0 Å². The molecule has 2 aliphatic carbocycles. The van der Waals surface area contributed by atoms with E-state index in [1.807, 2.05) is 0 Å². The average molecular weight is 476 g/mol. The van der Waals surface area contributed by atoms with E-state index in [1.165, 1.54) is 48.6 Å². The molecule has 2 aromatic rings. The van der Waals surface area contributed by atoms with E-state index in [-0.39, 0.29) is 12.1 Å². The van der Waals surface area contributed by atoms with Gasteiger partial charge in [0.25, 0.3) is 0 Å². The molecule has 2 aliphatic rings. The second kappa shape index (κ2) is 7.91. The Labute approximate surface area is 175 Å². The van der Waals surface area contributed by atoms with Crippen LogP contribution in [0.2, 0.25) is 8.45 Å². The van der Waals surface area contributed by atoms with Gasteiger partial charge in [-0.05, 0) is 0 Å². The third-order valence-electron chi connectivity index (χ3n) is 5.60. The molecular formula is C22H12F8Ti. The van der Waals surface area contributed by atoms with Crippen LogP contribution in [0.4, 0.5) is 35.1 Å². The van der Waals surface area contributed by atoms with Crippen LogP contribution < -0.4 is 7.74 Å². The summed E-state index contributed by atoms with van der Waals surface area (Å²) < 4.78 is 113. The van der Waals surface area contributed by atoms with E-state index in [0.29, 0.717) is 0 Å². The first-order chi connectivity index (χ1) is 14.7. The Morgan fingerprint density at radius 3 is 0.968 bits per heavy atom. The van der Waals surface area contributed by atoms with Gasteiger partial charge in [0.05, 0.1) is 0 Å². The molecule has 0 aliphatic heterocycles. The summed E-state index contributed by atoms with van der Waals surface area (Å²) in [4.78, 5) is 0. The molecule has 0 fully saturated rings. The molecule has 0 aromatic heterocycles. The van der Waals surface area contributed by atoms with E-state index < -0.39 is 79.3 Å². The fourth-order valence-electron chi connectivity index (χ4n) is 4.36. The van der Waals surface area contributed by atoms with Crippen molar-refractivity contribution in [2.45, 2.75) is 8.45 Å². The van der Waals surface area contributed by atoms with Crippen LogP contribution in [0.1, 0.15) is 0 Å². The van der Waals surface area contributed by atoms with Crippen LogP contribution in [0.3, 0.4) is 0 Å². The van der Waals surface area contributed by atoms with Gasteiger partial charge >= 0.3 is 175 Å². The van der Waals surface area contributed by atoms with E-state index >= 15 is 17.6 Å². The van der Waals surface area contributed by atoms with Crippen LogP contribution in [-0.2, 0) is 16.6 Å². The molecule has 31 heavy (non-hydrogen) atoms. The van der Waals surface area contributed by atoms with Crippen LogP contribution in [-0.4, -0.2) is 0 Å². The first-order valence-corrected chi connectivity index (χ1v) is 12.4. The van der Waals surface area contributed by atoms with Crippen LogP contribution in [0.15, 0.2) is 60.7 Å². The Kier molecular flexibility index (Phi) is 5.56. The summed E-state index contributed by atoms with van der Waals surface area (Å²) in [6.45, 7) is 0. The maximum absolute atomic E-state index is 15.1. The summed E-state index contributed by atoms with van der Waals surface area (Å²) in [6, 6.07) is -0.0542. The van der Waals surface area contributed by atoms with Crippen molar-refractivity contribution in [2.75, 3.05) is 0 Å². The number of hydrogen-bond donors (Lipinski definition) is 0. The van der Waals surface area contributed by atoms with E-state index in [1.54, 1.807) is 0 Å². The molecule has 0 N–H and O–H groups in total. The van der Waals surface area contributed by atoms with Crippen molar-refractivity contribution < 1.29 is 51.7 Å². The fourth-order valence-corrected chi connectivity index (χ4v) is 13.1. The van der Waals surface area contributed by atoms with Gasteiger partial charge in [-0.3, -0.25) is 0 Å². The van der Waals surface area contributed by atoms with Gasteiger partial charge in [0, 0.05) is 0 Å². The Hall–Kier alpha value is -2.45. The predicted molar refractivity (Wildman–Crippen MR) is 95.9 cm³/mol. The number of benzene rings is 2. The first-order valence-electron chi connectivity index (χ1n) is 9.08. The summed E-state index contributed by atoms with van der Waals surface area (Å²) in [6.07, 6.45) is 11.1. The van der Waals surface area contributed by atoms with Crippen molar-refractivity contribution in [3.05, 3.63) is 107 Å².